The second-order valence-electron chi connectivity index (χ2n) is 14.9. The van der Waals surface area contributed by atoms with Crippen molar-refractivity contribution in [3.63, 3.8) is 0 Å². The number of aliphatic hydroxyl groups excluding tert-OH is 1. The van der Waals surface area contributed by atoms with Crippen LogP contribution in [-0.4, -0.2) is 48.3 Å². The Morgan fingerprint density at radius 3 is 1.15 bits per heavy atom. The highest BCUT2D eigenvalue weighted by Crippen LogP contribution is 2.19. The van der Waals surface area contributed by atoms with Crippen molar-refractivity contribution in [2.75, 3.05) is 26.2 Å². The van der Waals surface area contributed by atoms with Crippen LogP contribution in [0.1, 0.15) is 239 Å². The van der Waals surface area contributed by atoms with Crippen molar-refractivity contribution in [3.05, 3.63) is 0 Å². The molecule has 0 aromatic carbocycles. The molecular formula is C43H87NO3. The molecule has 0 heterocycles. The molecule has 0 aromatic rings. The Balaban J connectivity index is 4.09. The summed E-state index contributed by atoms with van der Waals surface area (Å²) < 4.78 is 6.04. The van der Waals surface area contributed by atoms with Gasteiger partial charge in [0.1, 0.15) is 6.10 Å². The first-order valence-corrected chi connectivity index (χ1v) is 21.7. The van der Waals surface area contributed by atoms with E-state index in [1.807, 2.05) is 0 Å². The molecule has 0 saturated carbocycles. The number of nitrogens with zero attached hydrogens (tertiary/aromatic N) is 1. The Kier molecular flexibility index (Phi) is 39.3. The van der Waals surface area contributed by atoms with Gasteiger partial charge in [-0.15, -0.1) is 0 Å². The van der Waals surface area contributed by atoms with Gasteiger partial charge in [-0.3, -0.25) is 4.79 Å². The number of rotatable bonds is 40. The molecular weight excluding hydrogens is 578 g/mol. The largest absolute Gasteiger partial charge is 0.462 e. The van der Waals surface area contributed by atoms with Crippen LogP contribution in [0.3, 0.4) is 0 Å². The Labute approximate surface area is 296 Å². The first-order chi connectivity index (χ1) is 23.2. The molecule has 0 fully saturated rings. The van der Waals surface area contributed by atoms with E-state index in [-0.39, 0.29) is 12.1 Å². The number of hydrogen-bond acceptors (Lipinski definition) is 4. The molecule has 282 valence electrons. The smallest absolute Gasteiger partial charge is 0.306 e. The number of hydrogen-bond donors (Lipinski definition) is 1. The molecule has 0 amide bonds. The minimum absolute atomic E-state index is 0.0458. The summed E-state index contributed by atoms with van der Waals surface area (Å²) in [5.74, 6) is 0.0458. The minimum atomic E-state index is 0.0458. The quantitative estimate of drug-likeness (QED) is 0.0523. The summed E-state index contributed by atoms with van der Waals surface area (Å²) in [6.07, 6.45) is 43.1. The standard InChI is InChI=1S/C43H87NO3/c1-4-7-10-13-16-17-18-19-20-21-26-31-38-44(40-33-34-41-45)39-32-27-22-25-30-37-43(46)47-42(35-28-23-14-11-8-5-2)36-29-24-15-12-9-6-3/h42,45H,4-41H2,1-3H3. The van der Waals surface area contributed by atoms with Crippen molar-refractivity contribution in [2.45, 2.75) is 245 Å². The maximum absolute atomic E-state index is 12.7. The summed E-state index contributed by atoms with van der Waals surface area (Å²) in [6, 6.07) is 0. The van der Waals surface area contributed by atoms with Crippen LogP contribution in [0.15, 0.2) is 0 Å². The number of unbranched alkanes of at least 4 members (excludes halogenated alkanes) is 26. The lowest BCUT2D eigenvalue weighted by Gasteiger charge is -2.22. The normalized spacial score (nSPS) is 11.7. The van der Waals surface area contributed by atoms with Crippen molar-refractivity contribution in [1.29, 1.82) is 0 Å². The van der Waals surface area contributed by atoms with Gasteiger partial charge in [0.2, 0.25) is 0 Å². The van der Waals surface area contributed by atoms with E-state index >= 15 is 0 Å². The van der Waals surface area contributed by atoms with Crippen LogP contribution in [0.4, 0.5) is 0 Å². The molecule has 0 unspecified atom stereocenters. The van der Waals surface area contributed by atoms with Gasteiger partial charge in [-0.25, -0.2) is 0 Å². The van der Waals surface area contributed by atoms with Crippen LogP contribution < -0.4 is 0 Å². The van der Waals surface area contributed by atoms with Gasteiger partial charge in [0.05, 0.1) is 0 Å². The molecule has 0 aliphatic rings. The van der Waals surface area contributed by atoms with E-state index in [1.165, 1.54) is 186 Å². The van der Waals surface area contributed by atoms with Crippen molar-refractivity contribution < 1.29 is 14.6 Å². The fraction of sp³-hybridized carbons (Fsp3) is 0.977. The van der Waals surface area contributed by atoms with Gasteiger partial charge in [-0.1, -0.05) is 175 Å². The molecule has 0 atom stereocenters. The number of carbonyl (C=O) groups is 1. The fourth-order valence-corrected chi connectivity index (χ4v) is 6.91. The lowest BCUT2D eigenvalue weighted by atomic mass is 10.0. The SMILES string of the molecule is CCCCCCCCCCCCCCN(CCCCO)CCCCCCCC(=O)OC(CCCCCCCC)CCCCCCCC. The van der Waals surface area contributed by atoms with E-state index in [2.05, 4.69) is 25.7 Å². The fourth-order valence-electron chi connectivity index (χ4n) is 6.91. The zero-order chi connectivity index (χ0) is 34.3. The van der Waals surface area contributed by atoms with Crippen LogP contribution in [0.25, 0.3) is 0 Å². The molecule has 0 rings (SSSR count). The van der Waals surface area contributed by atoms with E-state index in [9.17, 15) is 9.90 Å². The lowest BCUT2D eigenvalue weighted by molar-refractivity contribution is -0.150. The summed E-state index contributed by atoms with van der Waals surface area (Å²) in [5.41, 5.74) is 0. The highest BCUT2D eigenvalue weighted by Gasteiger charge is 2.14. The van der Waals surface area contributed by atoms with E-state index in [0.29, 0.717) is 13.0 Å². The second kappa shape index (κ2) is 39.8. The van der Waals surface area contributed by atoms with Crippen LogP contribution in [0.5, 0.6) is 0 Å². The molecule has 0 bridgehead atoms. The van der Waals surface area contributed by atoms with Crippen molar-refractivity contribution >= 4 is 5.97 Å². The van der Waals surface area contributed by atoms with Crippen LogP contribution in [-0.2, 0) is 9.53 Å². The van der Waals surface area contributed by atoms with E-state index in [0.717, 1.165) is 45.1 Å². The van der Waals surface area contributed by atoms with Gasteiger partial charge in [-0.05, 0) is 77.4 Å². The Bertz CT molecular complexity index is 582. The Hall–Kier alpha value is -0.610. The van der Waals surface area contributed by atoms with Gasteiger partial charge in [0, 0.05) is 13.0 Å². The maximum Gasteiger partial charge on any atom is 0.306 e. The first-order valence-electron chi connectivity index (χ1n) is 21.7. The zero-order valence-electron chi connectivity index (χ0n) is 32.7. The van der Waals surface area contributed by atoms with E-state index < -0.39 is 0 Å². The third kappa shape index (κ3) is 36.5. The van der Waals surface area contributed by atoms with E-state index in [1.54, 1.807) is 0 Å². The summed E-state index contributed by atoms with van der Waals surface area (Å²) in [6.45, 7) is 10.7. The van der Waals surface area contributed by atoms with Gasteiger partial charge in [0.25, 0.3) is 0 Å². The average Bonchev–Trinajstić information content (AvgIpc) is 3.07. The van der Waals surface area contributed by atoms with Crippen LogP contribution >= 0.6 is 0 Å². The van der Waals surface area contributed by atoms with Crippen molar-refractivity contribution in [1.82, 2.24) is 4.90 Å². The third-order valence-electron chi connectivity index (χ3n) is 10.1. The number of aliphatic hydroxyl groups is 1. The Morgan fingerprint density at radius 1 is 0.447 bits per heavy atom. The molecule has 0 spiro atoms. The van der Waals surface area contributed by atoms with Gasteiger partial charge in [-0.2, -0.15) is 0 Å². The molecule has 0 aromatic heterocycles. The van der Waals surface area contributed by atoms with Gasteiger partial charge < -0.3 is 14.7 Å². The predicted molar refractivity (Wildman–Crippen MR) is 207 cm³/mol. The predicted octanol–water partition coefficient (Wildman–Crippen LogP) is 13.5. The van der Waals surface area contributed by atoms with E-state index in [4.69, 9.17) is 4.74 Å². The Morgan fingerprint density at radius 2 is 0.766 bits per heavy atom. The molecule has 0 aliphatic carbocycles. The third-order valence-corrected chi connectivity index (χ3v) is 10.1. The monoisotopic (exact) mass is 666 g/mol. The molecule has 1 N–H and O–H groups in total. The molecule has 0 aliphatic heterocycles. The first kappa shape index (κ1) is 46.4. The van der Waals surface area contributed by atoms with Gasteiger partial charge >= 0.3 is 5.97 Å². The zero-order valence-corrected chi connectivity index (χ0v) is 32.7. The summed E-state index contributed by atoms with van der Waals surface area (Å²) in [7, 11) is 0. The van der Waals surface area contributed by atoms with Crippen LogP contribution in [0.2, 0.25) is 0 Å². The highest BCUT2D eigenvalue weighted by atomic mass is 16.5. The summed E-state index contributed by atoms with van der Waals surface area (Å²) in [5, 5.41) is 9.25. The lowest BCUT2D eigenvalue weighted by Crippen LogP contribution is -2.27. The maximum atomic E-state index is 12.7. The number of esters is 1. The summed E-state index contributed by atoms with van der Waals surface area (Å²) in [4.78, 5) is 15.4. The average molecular weight is 666 g/mol. The van der Waals surface area contributed by atoms with Crippen molar-refractivity contribution in [2.24, 2.45) is 0 Å². The topological polar surface area (TPSA) is 49.8 Å². The molecule has 0 radical (unpaired) electrons. The molecule has 4 nitrogen and oxygen atoms in total. The van der Waals surface area contributed by atoms with Crippen molar-refractivity contribution in [3.8, 4) is 0 Å². The number of carbonyl (C=O) groups excluding carboxylic acids is 1. The van der Waals surface area contributed by atoms with Crippen LogP contribution in [0, 0.1) is 0 Å². The summed E-state index contributed by atoms with van der Waals surface area (Å²) >= 11 is 0. The molecule has 0 saturated heterocycles. The van der Waals surface area contributed by atoms with Gasteiger partial charge in [0.15, 0.2) is 0 Å². The number of ether oxygens (including phenoxy) is 1. The molecule has 47 heavy (non-hydrogen) atoms. The highest BCUT2D eigenvalue weighted by molar-refractivity contribution is 5.69. The minimum Gasteiger partial charge on any atom is -0.462 e. The second-order valence-corrected chi connectivity index (χ2v) is 14.9. The molecule has 4 heteroatoms.